The van der Waals surface area contributed by atoms with Gasteiger partial charge in [0.1, 0.15) is 0 Å². The SMILES string of the molecule is CCN1CCCC(Cc2nc(C3CCCCN3)no2)C1. The third-order valence-electron chi connectivity index (χ3n) is 4.62. The molecule has 0 radical (unpaired) electrons. The van der Waals surface area contributed by atoms with Crippen LogP contribution in [-0.2, 0) is 6.42 Å². The topological polar surface area (TPSA) is 54.2 Å². The summed E-state index contributed by atoms with van der Waals surface area (Å²) in [4.78, 5) is 7.14. The lowest BCUT2D eigenvalue weighted by Crippen LogP contribution is -2.36. The summed E-state index contributed by atoms with van der Waals surface area (Å²) in [5.41, 5.74) is 0. The lowest BCUT2D eigenvalue weighted by molar-refractivity contribution is 0.174. The maximum Gasteiger partial charge on any atom is 0.227 e. The molecule has 0 spiro atoms. The molecule has 112 valence electrons. The highest BCUT2D eigenvalue weighted by Crippen LogP contribution is 2.23. The molecule has 1 aromatic rings. The van der Waals surface area contributed by atoms with Gasteiger partial charge in [-0.1, -0.05) is 18.5 Å². The number of aromatic nitrogens is 2. The lowest BCUT2D eigenvalue weighted by atomic mass is 9.95. The molecule has 2 saturated heterocycles. The molecule has 0 aromatic carbocycles. The maximum absolute atomic E-state index is 5.47. The molecule has 0 aliphatic carbocycles. The maximum atomic E-state index is 5.47. The average molecular weight is 278 g/mol. The van der Waals surface area contributed by atoms with Crippen LogP contribution in [0.2, 0.25) is 0 Å². The fraction of sp³-hybridized carbons (Fsp3) is 0.867. The smallest absolute Gasteiger partial charge is 0.227 e. The molecule has 1 N–H and O–H groups in total. The van der Waals surface area contributed by atoms with Crippen molar-refractivity contribution >= 4 is 0 Å². The van der Waals surface area contributed by atoms with Crippen LogP contribution in [0.5, 0.6) is 0 Å². The highest BCUT2D eigenvalue weighted by Gasteiger charge is 2.24. The Hall–Kier alpha value is -0.940. The van der Waals surface area contributed by atoms with Crippen molar-refractivity contribution in [2.24, 2.45) is 5.92 Å². The van der Waals surface area contributed by atoms with Crippen LogP contribution in [0, 0.1) is 5.92 Å². The van der Waals surface area contributed by atoms with Gasteiger partial charge < -0.3 is 14.7 Å². The first kappa shape index (κ1) is 14.0. The summed E-state index contributed by atoms with van der Waals surface area (Å²) in [5.74, 6) is 2.37. The number of likely N-dealkylation sites (tertiary alicyclic amines) is 1. The number of nitrogens with zero attached hydrogens (tertiary/aromatic N) is 3. The minimum Gasteiger partial charge on any atom is -0.339 e. The molecule has 5 nitrogen and oxygen atoms in total. The standard InChI is InChI=1S/C15H26N4O/c1-2-19-9-5-6-12(11-19)10-14-17-15(18-20-14)13-7-3-4-8-16-13/h12-13,16H,2-11H2,1H3. The van der Waals surface area contributed by atoms with Gasteiger partial charge in [0.05, 0.1) is 6.04 Å². The monoisotopic (exact) mass is 278 g/mol. The van der Waals surface area contributed by atoms with E-state index >= 15 is 0 Å². The first-order valence-corrected chi connectivity index (χ1v) is 8.13. The summed E-state index contributed by atoms with van der Waals surface area (Å²) in [6.45, 7) is 6.88. The number of hydrogen-bond acceptors (Lipinski definition) is 5. The minimum absolute atomic E-state index is 0.305. The Kier molecular flexibility index (Phi) is 4.68. The third kappa shape index (κ3) is 3.38. The van der Waals surface area contributed by atoms with Gasteiger partial charge in [0.15, 0.2) is 5.82 Å². The van der Waals surface area contributed by atoms with E-state index in [1.165, 1.54) is 38.8 Å². The largest absolute Gasteiger partial charge is 0.339 e. The molecule has 2 unspecified atom stereocenters. The van der Waals surface area contributed by atoms with E-state index in [-0.39, 0.29) is 0 Å². The summed E-state index contributed by atoms with van der Waals surface area (Å²) in [5, 5.41) is 7.66. The summed E-state index contributed by atoms with van der Waals surface area (Å²) >= 11 is 0. The van der Waals surface area contributed by atoms with Gasteiger partial charge in [-0.25, -0.2) is 0 Å². The van der Waals surface area contributed by atoms with Crippen molar-refractivity contribution in [3.63, 3.8) is 0 Å². The zero-order valence-electron chi connectivity index (χ0n) is 12.5. The highest BCUT2D eigenvalue weighted by molar-refractivity contribution is 4.96. The van der Waals surface area contributed by atoms with Crippen LogP contribution in [0.15, 0.2) is 4.52 Å². The van der Waals surface area contributed by atoms with Crippen molar-refractivity contribution in [2.45, 2.75) is 51.5 Å². The molecule has 3 heterocycles. The van der Waals surface area contributed by atoms with Gasteiger partial charge in [-0.15, -0.1) is 0 Å². The molecule has 0 saturated carbocycles. The number of piperidine rings is 2. The first-order valence-electron chi connectivity index (χ1n) is 8.13. The molecular weight excluding hydrogens is 252 g/mol. The second kappa shape index (κ2) is 6.68. The van der Waals surface area contributed by atoms with Gasteiger partial charge in [-0.05, 0) is 51.2 Å². The Bertz CT molecular complexity index is 414. The number of rotatable bonds is 4. The van der Waals surface area contributed by atoms with E-state index in [4.69, 9.17) is 4.52 Å². The lowest BCUT2D eigenvalue weighted by Gasteiger charge is -2.31. The van der Waals surface area contributed by atoms with Crippen molar-refractivity contribution < 1.29 is 4.52 Å². The molecule has 2 atom stereocenters. The summed E-state index contributed by atoms with van der Waals surface area (Å²) in [6.07, 6.45) is 7.17. The van der Waals surface area contributed by atoms with Crippen LogP contribution in [0.25, 0.3) is 0 Å². The van der Waals surface area contributed by atoms with Crippen LogP contribution in [-0.4, -0.2) is 41.2 Å². The van der Waals surface area contributed by atoms with Gasteiger partial charge in [-0.2, -0.15) is 4.98 Å². The number of nitrogens with one attached hydrogen (secondary N) is 1. The molecule has 2 fully saturated rings. The Labute approximate surface area is 121 Å². The van der Waals surface area contributed by atoms with Crippen LogP contribution in [0.4, 0.5) is 0 Å². The van der Waals surface area contributed by atoms with E-state index < -0.39 is 0 Å². The Balaban J connectivity index is 1.56. The summed E-state index contributed by atoms with van der Waals surface area (Å²) in [6, 6.07) is 0.305. The molecule has 3 rings (SSSR count). The molecule has 20 heavy (non-hydrogen) atoms. The molecule has 5 heteroatoms. The van der Waals surface area contributed by atoms with Crippen LogP contribution < -0.4 is 5.32 Å². The fourth-order valence-corrected chi connectivity index (χ4v) is 3.42. The molecule has 2 aliphatic heterocycles. The molecule has 2 aliphatic rings. The van der Waals surface area contributed by atoms with Crippen LogP contribution >= 0.6 is 0 Å². The van der Waals surface area contributed by atoms with Crippen molar-refractivity contribution in [1.29, 1.82) is 0 Å². The van der Waals surface area contributed by atoms with Crippen molar-refractivity contribution in [3.8, 4) is 0 Å². The third-order valence-corrected chi connectivity index (χ3v) is 4.62. The molecule has 1 aromatic heterocycles. The quantitative estimate of drug-likeness (QED) is 0.914. The predicted molar refractivity (Wildman–Crippen MR) is 77.4 cm³/mol. The van der Waals surface area contributed by atoms with Crippen molar-refractivity contribution in [3.05, 3.63) is 11.7 Å². The highest BCUT2D eigenvalue weighted by atomic mass is 16.5. The summed E-state index contributed by atoms with van der Waals surface area (Å²) in [7, 11) is 0. The van der Waals surface area contributed by atoms with E-state index in [0.29, 0.717) is 12.0 Å². The van der Waals surface area contributed by atoms with E-state index in [1.54, 1.807) is 0 Å². The minimum atomic E-state index is 0.305. The zero-order chi connectivity index (χ0) is 13.8. The Morgan fingerprint density at radius 1 is 1.30 bits per heavy atom. The van der Waals surface area contributed by atoms with E-state index in [0.717, 1.165) is 37.6 Å². The number of hydrogen-bond donors (Lipinski definition) is 1. The van der Waals surface area contributed by atoms with E-state index in [1.807, 2.05) is 0 Å². The molecule has 0 amide bonds. The van der Waals surface area contributed by atoms with Gasteiger partial charge in [0.2, 0.25) is 5.89 Å². The van der Waals surface area contributed by atoms with Crippen molar-refractivity contribution in [2.75, 3.05) is 26.2 Å². The van der Waals surface area contributed by atoms with Gasteiger partial charge in [0.25, 0.3) is 0 Å². The van der Waals surface area contributed by atoms with Gasteiger partial charge in [0, 0.05) is 13.0 Å². The van der Waals surface area contributed by atoms with Gasteiger partial charge >= 0.3 is 0 Å². The van der Waals surface area contributed by atoms with Crippen LogP contribution in [0.1, 0.15) is 56.8 Å². The zero-order valence-corrected chi connectivity index (χ0v) is 12.5. The van der Waals surface area contributed by atoms with Crippen LogP contribution in [0.3, 0.4) is 0 Å². The van der Waals surface area contributed by atoms with Gasteiger partial charge in [-0.3, -0.25) is 0 Å². The predicted octanol–water partition coefficient (Wildman–Crippen LogP) is 2.16. The average Bonchev–Trinajstić information content (AvgIpc) is 2.97. The van der Waals surface area contributed by atoms with Crippen molar-refractivity contribution in [1.82, 2.24) is 20.4 Å². The Morgan fingerprint density at radius 3 is 3.05 bits per heavy atom. The van der Waals surface area contributed by atoms with E-state index in [2.05, 4.69) is 27.3 Å². The van der Waals surface area contributed by atoms with E-state index in [9.17, 15) is 0 Å². The Morgan fingerprint density at radius 2 is 2.25 bits per heavy atom. The molecular formula is C15H26N4O. The first-order chi connectivity index (χ1) is 9.85. The second-order valence-corrected chi connectivity index (χ2v) is 6.15. The fourth-order valence-electron chi connectivity index (χ4n) is 3.42. The summed E-state index contributed by atoms with van der Waals surface area (Å²) < 4.78 is 5.47. The second-order valence-electron chi connectivity index (χ2n) is 6.15. The normalized spacial score (nSPS) is 28.6. The molecule has 0 bridgehead atoms.